The fourth-order valence-electron chi connectivity index (χ4n) is 2.57. The molecule has 0 radical (unpaired) electrons. The van der Waals surface area contributed by atoms with E-state index < -0.39 is 12.0 Å². The summed E-state index contributed by atoms with van der Waals surface area (Å²) >= 11 is 0. The number of anilines is 1. The molecule has 2 aromatic carbocycles. The summed E-state index contributed by atoms with van der Waals surface area (Å²) in [7, 11) is 0. The Morgan fingerprint density at radius 2 is 1.71 bits per heavy atom. The SMILES string of the molecule is CC(C)CCNC(CC(=O)Nc1ccc(OCc2ccccc2)cc1)C(=O)O. The molecule has 1 amide bonds. The van der Waals surface area contributed by atoms with Crippen molar-refractivity contribution in [3.05, 3.63) is 60.2 Å². The molecular formula is C22H28N2O4. The van der Waals surface area contributed by atoms with Crippen LogP contribution in [-0.2, 0) is 16.2 Å². The summed E-state index contributed by atoms with van der Waals surface area (Å²) in [4.78, 5) is 23.5. The van der Waals surface area contributed by atoms with Gasteiger partial charge >= 0.3 is 5.97 Å². The average molecular weight is 384 g/mol. The summed E-state index contributed by atoms with van der Waals surface area (Å²) in [6.45, 7) is 5.17. The normalized spacial score (nSPS) is 11.8. The van der Waals surface area contributed by atoms with Crippen molar-refractivity contribution < 1.29 is 19.4 Å². The number of rotatable bonds is 11. The number of nitrogens with one attached hydrogen (secondary N) is 2. The van der Waals surface area contributed by atoms with Crippen LogP contribution in [-0.4, -0.2) is 29.6 Å². The van der Waals surface area contributed by atoms with Gasteiger partial charge in [0.2, 0.25) is 5.91 Å². The number of benzene rings is 2. The van der Waals surface area contributed by atoms with E-state index in [1.54, 1.807) is 24.3 Å². The molecular weight excluding hydrogens is 356 g/mol. The Hall–Kier alpha value is -2.86. The predicted octanol–water partition coefficient (Wildman–Crippen LogP) is 3.68. The van der Waals surface area contributed by atoms with Crippen LogP contribution in [0, 0.1) is 5.92 Å². The van der Waals surface area contributed by atoms with E-state index in [1.165, 1.54) is 0 Å². The minimum atomic E-state index is -1.02. The zero-order chi connectivity index (χ0) is 20.4. The highest BCUT2D eigenvalue weighted by Gasteiger charge is 2.20. The van der Waals surface area contributed by atoms with Crippen molar-refractivity contribution in [3.63, 3.8) is 0 Å². The number of carboxylic acid groups (broad SMARTS) is 1. The Balaban J connectivity index is 1.81. The molecule has 3 N–H and O–H groups in total. The maximum atomic E-state index is 12.2. The molecule has 1 atom stereocenters. The van der Waals surface area contributed by atoms with Crippen LogP contribution in [0.25, 0.3) is 0 Å². The minimum absolute atomic E-state index is 0.125. The molecule has 0 heterocycles. The lowest BCUT2D eigenvalue weighted by Crippen LogP contribution is -2.40. The van der Waals surface area contributed by atoms with Crippen molar-refractivity contribution in [1.82, 2.24) is 5.32 Å². The Bertz CT molecular complexity index is 745. The summed E-state index contributed by atoms with van der Waals surface area (Å²) in [6.07, 6.45) is 0.732. The van der Waals surface area contributed by atoms with Gasteiger partial charge in [-0.25, -0.2) is 0 Å². The summed E-state index contributed by atoms with van der Waals surface area (Å²) < 4.78 is 5.71. The van der Waals surface area contributed by atoms with E-state index in [2.05, 4.69) is 24.5 Å². The number of carboxylic acids is 1. The van der Waals surface area contributed by atoms with Crippen molar-refractivity contribution in [1.29, 1.82) is 0 Å². The predicted molar refractivity (Wildman–Crippen MR) is 109 cm³/mol. The Labute approximate surface area is 165 Å². The number of aliphatic carboxylic acids is 1. The standard InChI is InChI=1S/C22H28N2O4/c1-16(2)12-13-23-20(22(26)27)14-21(25)24-18-8-10-19(11-9-18)28-15-17-6-4-3-5-7-17/h3-11,16,20,23H,12-15H2,1-2H3,(H,24,25)(H,26,27). The second-order valence-electron chi connectivity index (χ2n) is 7.08. The van der Waals surface area contributed by atoms with Crippen molar-refractivity contribution >= 4 is 17.6 Å². The minimum Gasteiger partial charge on any atom is -0.489 e. The van der Waals surface area contributed by atoms with Gasteiger partial charge < -0.3 is 20.5 Å². The molecule has 0 aromatic heterocycles. The van der Waals surface area contributed by atoms with E-state index in [9.17, 15) is 14.7 Å². The Morgan fingerprint density at radius 1 is 1.04 bits per heavy atom. The third-order valence-electron chi connectivity index (χ3n) is 4.19. The lowest BCUT2D eigenvalue weighted by Gasteiger charge is -2.15. The van der Waals surface area contributed by atoms with Crippen LogP contribution in [0.2, 0.25) is 0 Å². The first-order valence-electron chi connectivity index (χ1n) is 9.47. The molecule has 0 aliphatic carbocycles. The van der Waals surface area contributed by atoms with Crippen molar-refractivity contribution in [2.75, 3.05) is 11.9 Å². The number of carbonyl (C=O) groups excluding carboxylic acids is 1. The molecule has 0 bridgehead atoms. The quantitative estimate of drug-likeness (QED) is 0.550. The molecule has 1 unspecified atom stereocenters. The Kier molecular flexibility index (Phi) is 8.49. The molecule has 6 heteroatoms. The molecule has 2 aromatic rings. The van der Waals surface area contributed by atoms with Gasteiger partial charge in [0.1, 0.15) is 18.4 Å². The molecule has 0 aliphatic rings. The van der Waals surface area contributed by atoms with Gasteiger partial charge in [0, 0.05) is 5.69 Å². The van der Waals surface area contributed by atoms with Crippen LogP contribution in [0.3, 0.4) is 0 Å². The number of hydrogen-bond donors (Lipinski definition) is 3. The van der Waals surface area contributed by atoms with Crippen LogP contribution in [0.1, 0.15) is 32.3 Å². The molecule has 28 heavy (non-hydrogen) atoms. The van der Waals surface area contributed by atoms with Gasteiger partial charge in [-0.15, -0.1) is 0 Å². The molecule has 2 rings (SSSR count). The topological polar surface area (TPSA) is 87.7 Å². The first kappa shape index (κ1) is 21.4. The molecule has 0 spiro atoms. The number of amides is 1. The van der Waals surface area contributed by atoms with Gasteiger partial charge in [0.05, 0.1) is 6.42 Å². The van der Waals surface area contributed by atoms with E-state index in [4.69, 9.17) is 4.74 Å². The molecule has 0 saturated heterocycles. The number of carbonyl (C=O) groups is 2. The number of hydrogen-bond acceptors (Lipinski definition) is 4. The fourth-order valence-corrected chi connectivity index (χ4v) is 2.57. The van der Waals surface area contributed by atoms with Crippen LogP contribution in [0.15, 0.2) is 54.6 Å². The van der Waals surface area contributed by atoms with E-state index in [-0.39, 0.29) is 12.3 Å². The Morgan fingerprint density at radius 3 is 2.32 bits per heavy atom. The summed E-state index contributed by atoms with van der Waals surface area (Å²) in [5, 5.41) is 14.9. The van der Waals surface area contributed by atoms with E-state index in [0.29, 0.717) is 30.5 Å². The van der Waals surface area contributed by atoms with Crippen molar-refractivity contribution in [2.45, 2.75) is 39.3 Å². The largest absolute Gasteiger partial charge is 0.489 e. The van der Waals surface area contributed by atoms with Crippen molar-refractivity contribution in [3.8, 4) is 5.75 Å². The third kappa shape index (κ3) is 7.80. The van der Waals surface area contributed by atoms with E-state index >= 15 is 0 Å². The third-order valence-corrected chi connectivity index (χ3v) is 4.19. The average Bonchev–Trinajstić information content (AvgIpc) is 2.67. The van der Waals surface area contributed by atoms with Crippen molar-refractivity contribution in [2.24, 2.45) is 5.92 Å². The summed E-state index contributed by atoms with van der Waals surface area (Å²) in [5.74, 6) is -0.204. The van der Waals surface area contributed by atoms with Gasteiger partial charge in [-0.05, 0) is 48.7 Å². The monoisotopic (exact) mass is 384 g/mol. The van der Waals surface area contributed by atoms with E-state index in [1.807, 2.05) is 30.3 Å². The van der Waals surface area contributed by atoms with Gasteiger partial charge in [0.15, 0.2) is 0 Å². The van der Waals surface area contributed by atoms with Crippen LogP contribution in [0.4, 0.5) is 5.69 Å². The lowest BCUT2D eigenvalue weighted by molar-refractivity contribution is -0.141. The smallest absolute Gasteiger partial charge is 0.321 e. The molecule has 0 saturated carbocycles. The van der Waals surface area contributed by atoms with E-state index in [0.717, 1.165) is 12.0 Å². The first-order valence-corrected chi connectivity index (χ1v) is 9.47. The zero-order valence-electron chi connectivity index (χ0n) is 16.4. The molecule has 0 aliphatic heterocycles. The van der Waals surface area contributed by atoms with Gasteiger partial charge in [-0.1, -0.05) is 44.2 Å². The van der Waals surface area contributed by atoms with Crippen LogP contribution >= 0.6 is 0 Å². The lowest BCUT2D eigenvalue weighted by atomic mass is 10.1. The maximum Gasteiger partial charge on any atom is 0.321 e. The molecule has 0 fully saturated rings. The van der Waals surface area contributed by atoms with Gasteiger partial charge in [-0.2, -0.15) is 0 Å². The van der Waals surface area contributed by atoms with Gasteiger partial charge in [0.25, 0.3) is 0 Å². The fraction of sp³-hybridized carbons (Fsp3) is 0.364. The zero-order valence-corrected chi connectivity index (χ0v) is 16.4. The van der Waals surface area contributed by atoms with Crippen LogP contribution in [0.5, 0.6) is 5.75 Å². The highest BCUT2D eigenvalue weighted by Crippen LogP contribution is 2.17. The summed E-state index contributed by atoms with van der Waals surface area (Å²) in [5.41, 5.74) is 1.67. The first-order chi connectivity index (χ1) is 13.4. The summed E-state index contributed by atoms with van der Waals surface area (Å²) in [6, 6.07) is 16.0. The molecule has 150 valence electrons. The highest BCUT2D eigenvalue weighted by molar-refractivity contribution is 5.94. The van der Waals surface area contributed by atoms with Gasteiger partial charge in [-0.3, -0.25) is 9.59 Å². The maximum absolute atomic E-state index is 12.2. The second-order valence-corrected chi connectivity index (χ2v) is 7.08. The second kappa shape index (κ2) is 11.1. The van der Waals surface area contributed by atoms with Crippen LogP contribution < -0.4 is 15.4 Å². The molecule has 6 nitrogen and oxygen atoms in total. The number of ether oxygens (including phenoxy) is 1. The highest BCUT2D eigenvalue weighted by atomic mass is 16.5.